The summed E-state index contributed by atoms with van der Waals surface area (Å²) in [5.41, 5.74) is 0.195. The van der Waals surface area contributed by atoms with Crippen molar-refractivity contribution in [2.24, 2.45) is 0 Å². The molecule has 1 heterocycles. The number of anilines is 1. The van der Waals surface area contributed by atoms with E-state index in [-0.39, 0.29) is 39.5 Å². The Labute approximate surface area is 194 Å². The minimum Gasteiger partial charge on any atom is -0.492 e. The second-order valence-corrected chi connectivity index (χ2v) is 9.06. The fourth-order valence-electron chi connectivity index (χ4n) is 2.72. The van der Waals surface area contributed by atoms with Crippen LogP contribution in [0, 0.1) is 5.82 Å². The molecular formula is C21H17Cl2FN2O5S. The molecule has 0 radical (unpaired) electrons. The topological polar surface area (TPSA) is 85.8 Å². The Morgan fingerprint density at radius 1 is 1.09 bits per heavy atom. The van der Waals surface area contributed by atoms with Gasteiger partial charge in [0.2, 0.25) is 0 Å². The van der Waals surface area contributed by atoms with Crippen molar-refractivity contribution in [1.29, 1.82) is 0 Å². The summed E-state index contributed by atoms with van der Waals surface area (Å²) in [7, 11) is -2.92. The maximum atomic E-state index is 13.4. The summed E-state index contributed by atoms with van der Waals surface area (Å²) in [4.78, 5) is 15.6. The Morgan fingerprint density at radius 2 is 1.75 bits per heavy atom. The van der Waals surface area contributed by atoms with E-state index in [1.807, 2.05) is 0 Å². The van der Waals surface area contributed by atoms with Crippen molar-refractivity contribution in [2.75, 3.05) is 24.6 Å². The number of nitrogens with zero attached hydrogens (tertiary/aromatic N) is 2. The molecule has 0 saturated heterocycles. The minimum atomic E-state index is -4.15. The standard InChI is InChI=1S/C21H17Cl2FN2O5S/c1-30-21(27)14-2-8-18(9-3-14)32(28,29)26(20-19(23)12-15(22)13-25-20)10-11-31-17-6-4-16(24)5-7-17/h2-9,12-13H,10-11H2,1H3. The minimum absolute atomic E-state index is 0.0223. The number of hydrogen-bond acceptors (Lipinski definition) is 6. The van der Waals surface area contributed by atoms with E-state index in [0.29, 0.717) is 5.75 Å². The van der Waals surface area contributed by atoms with Gasteiger partial charge in [0.1, 0.15) is 18.2 Å². The van der Waals surface area contributed by atoms with Gasteiger partial charge in [0.05, 0.1) is 34.2 Å². The van der Waals surface area contributed by atoms with E-state index in [1.165, 1.54) is 67.9 Å². The van der Waals surface area contributed by atoms with E-state index < -0.39 is 21.8 Å². The third-order valence-corrected chi connectivity index (χ3v) is 6.55. The van der Waals surface area contributed by atoms with Gasteiger partial charge < -0.3 is 9.47 Å². The summed E-state index contributed by atoms with van der Waals surface area (Å²) < 4.78 is 51.0. The van der Waals surface area contributed by atoms with Gasteiger partial charge in [-0.05, 0) is 54.6 Å². The van der Waals surface area contributed by atoms with Crippen LogP contribution < -0.4 is 9.04 Å². The van der Waals surface area contributed by atoms with Gasteiger partial charge in [-0.15, -0.1) is 0 Å². The number of sulfonamides is 1. The first-order chi connectivity index (χ1) is 15.2. The molecule has 0 N–H and O–H groups in total. The molecule has 0 aliphatic rings. The number of carbonyl (C=O) groups excluding carboxylic acids is 1. The van der Waals surface area contributed by atoms with Crippen molar-refractivity contribution in [3.8, 4) is 5.75 Å². The smallest absolute Gasteiger partial charge is 0.337 e. The fourth-order valence-corrected chi connectivity index (χ4v) is 4.67. The fraction of sp³-hybridized carbons (Fsp3) is 0.143. The van der Waals surface area contributed by atoms with E-state index >= 15 is 0 Å². The first-order valence-corrected chi connectivity index (χ1v) is 11.3. The van der Waals surface area contributed by atoms with Gasteiger partial charge in [-0.2, -0.15) is 0 Å². The van der Waals surface area contributed by atoms with Crippen LogP contribution in [0.1, 0.15) is 10.4 Å². The number of pyridine rings is 1. The highest BCUT2D eigenvalue weighted by Gasteiger charge is 2.28. The number of esters is 1. The first-order valence-electron chi connectivity index (χ1n) is 9.13. The molecule has 0 spiro atoms. The van der Waals surface area contributed by atoms with Crippen LogP contribution in [0.5, 0.6) is 5.75 Å². The van der Waals surface area contributed by atoms with Crippen LogP contribution in [0.15, 0.2) is 65.7 Å². The van der Waals surface area contributed by atoms with E-state index in [2.05, 4.69) is 9.72 Å². The first kappa shape index (κ1) is 23.8. The Kier molecular flexibility index (Phi) is 7.55. The van der Waals surface area contributed by atoms with Gasteiger partial charge in [-0.1, -0.05) is 23.2 Å². The van der Waals surface area contributed by atoms with Crippen molar-refractivity contribution in [2.45, 2.75) is 4.90 Å². The average molecular weight is 499 g/mol. The lowest BCUT2D eigenvalue weighted by molar-refractivity contribution is 0.0600. The predicted molar refractivity (Wildman–Crippen MR) is 118 cm³/mol. The van der Waals surface area contributed by atoms with Crippen LogP contribution in [0.3, 0.4) is 0 Å². The molecule has 11 heteroatoms. The number of rotatable bonds is 8. The number of halogens is 3. The molecular weight excluding hydrogens is 482 g/mol. The number of benzene rings is 2. The SMILES string of the molecule is COC(=O)c1ccc(S(=O)(=O)N(CCOc2ccc(F)cc2)c2ncc(Cl)cc2Cl)cc1. The second kappa shape index (κ2) is 10.2. The molecule has 0 unspecified atom stereocenters. The summed E-state index contributed by atoms with van der Waals surface area (Å²) in [6.07, 6.45) is 1.27. The van der Waals surface area contributed by atoms with Crippen molar-refractivity contribution in [1.82, 2.24) is 4.98 Å². The average Bonchev–Trinajstić information content (AvgIpc) is 2.78. The molecule has 0 amide bonds. The molecule has 3 rings (SSSR count). The van der Waals surface area contributed by atoms with Gasteiger partial charge >= 0.3 is 5.97 Å². The number of ether oxygens (including phenoxy) is 2. The predicted octanol–water partition coefficient (Wildman–Crippen LogP) is 4.59. The zero-order valence-corrected chi connectivity index (χ0v) is 19.0. The van der Waals surface area contributed by atoms with Gasteiger partial charge in [0.15, 0.2) is 5.82 Å². The van der Waals surface area contributed by atoms with Gasteiger partial charge in [-0.3, -0.25) is 0 Å². The molecule has 0 bridgehead atoms. The summed E-state index contributed by atoms with van der Waals surface area (Å²) in [5.74, 6) is -0.702. The summed E-state index contributed by atoms with van der Waals surface area (Å²) >= 11 is 12.1. The molecule has 1 aromatic heterocycles. The molecule has 0 aliphatic carbocycles. The second-order valence-electron chi connectivity index (χ2n) is 6.35. The zero-order chi connectivity index (χ0) is 23.3. The maximum absolute atomic E-state index is 13.4. The van der Waals surface area contributed by atoms with E-state index in [0.717, 1.165) is 4.31 Å². The number of carbonyl (C=O) groups is 1. The summed E-state index contributed by atoms with van der Waals surface area (Å²) in [5, 5.41) is 0.259. The molecule has 0 aliphatic heterocycles. The Balaban J connectivity index is 1.91. The molecule has 2 aromatic carbocycles. The largest absolute Gasteiger partial charge is 0.492 e. The highest BCUT2D eigenvalue weighted by Crippen LogP contribution is 2.30. The molecule has 3 aromatic rings. The van der Waals surface area contributed by atoms with Crippen LogP contribution >= 0.6 is 23.2 Å². The molecule has 32 heavy (non-hydrogen) atoms. The lowest BCUT2D eigenvalue weighted by atomic mass is 10.2. The normalized spacial score (nSPS) is 11.1. The van der Waals surface area contributed by atoms with Crippen LogP contribution in [0.4, 0.5) is 10.2 Å². The zero-order valence-electron chi connectivity index (χ0n) is 16.7. The van der Waals surface area contributed by atoms with Crippen LogP contribution in [0.25, 0.3) is 0 Å². The van der Waals surface area contributed by atoms with Gasteiger partial charge in [0, 0.05) is 6.20 Å². The Morgan fingerprint density at radius 3 is 2.34 bits per heavy atom. The third kappa shape index (κ3) is 5.48. The van der Waals surface area contributed by atoms with E-state index in [9.17, 15) is 17.6 Å². The summed E-state index contributed by atoms with van der Waals surface area (Å²) in [6, 6.07) is 11.9. The monoisotopic (exact) mass is 498 g/mol. The molecule has 7 nitrogen and oxygen atoms in total. The van der Waals surface area contributed by atoms with Crippen LogP contribution in [-0.4, -0.2) is 39.6 Å². The molecule has 0 atom stereocenters. The number of aromatic nitrogens is 1. The van der Waals surface area contributed by atoms with Crippen molar-refractivity contribution >= 4 is 45.0 Å². The lowest BCUT2D eigenvalue weighted by Gasteiger charge is -2.24. The van der Waals surface area contributed by atoms with Crippen molar-refractivity contribution < 1.29 is 27.1 Å². The highest BCUT2D eigenvalue weighted by molar-refractivity contribution is 7.92. The van der Waals surface area contributed by atoms with Crippen LogP contribution in [-0.2, 0) is 14.8 Å². The van der Waals surface area contributed by atoms with Crippen molar-refractivity contribution in [3.63, 3.8) is 0 Å². The van der Waals surface area contributed by atoms with E-state index in [4.69, 9.17) is 27.9 Å². The highest BCUT2D eigenvalue weighted by atomic mass is 35.5. The van der Waals surface area contributed by atoms with E-state index in [1.54, 1.807) is 0 Å². The maximum Gasteiger partial charge on any atom is 0.337 e. The van der Waals surface area contributed by atoms with Gasteiger partial charge in [0.25, 0.3) is 10.0 Å². The number of methoxy groups -OCH3 is 1. The molecule has 0 saturated carbocycles. The number of hydrogen-bond donors (Lipinski definition) is 0. The Hall–Kier alpha value is -2.88. The molecule has 168 valence electrons. The summed E-state index contributed by atoms with van der Waals surface area (Å²) in [6.45, 7) is -0.238. The Bertz CT molecular complexity index is 1210. The van der Waals surface area contributed by atoms with Crippen LogP contribution in [0.2, 0.25) is 10.0 Å². The quantitative estimate of drug-likeness (QED) is 0.422. The van der Waals surface area contributed by atoms with Gasteiger partial charge in [-0.25, -0.2) is 26.9 Å². The third-order valence-electron chi connectivity index (χ3n) is 4.26. The van der Waals surface area contributed by atoms with Crippen molar-refractivity contribution in [3.05, 3.63) is 82.2 Å². The molecule has 0 fully saturated rings. The lowest BCUT2D eigenvalue weighted by Crippen LogP contribution is -2.35.